The third-order valence-corrected chi connectivity index (χ3v) is 21.1. The fraction of sp³-hybridized carbons (Fsp3) is 0.943. The Balaban J connectivity index is 0.920. The van der Waals surface area contributed by atoms with Crippen LogP contribution in [0.2, 0.25) is 0 Å². The first-order chi connectivity index (χ1) is 35.1. The van der Waals surface area contributed by atoms with E-state index in [1.807, 2.05) is 0 Å². The first-order valence-electron chi connectivity index (χ1n) is 27.2. The van der Waals surface area contributed by atoms with Crippen LogP contribution in [0.15, 0.2) is 11.6 Å². The molecule has 430 valence electrons. The number of allylic oxidation sites excluding steroid dienone is 2. The highest BCUT2D eigenvalue weighted by Crippen LogP contribution is 2.76. The van der Waals surface area contributed by atoms with E-state index >= 15 is 4.79 Å². The summed E-state index contributed by atoms with van der Waals surface area (Å²) >= 11 is 0. The summed E-state index contributed by atoms with van der Waals surface area (Å²) in [6.45, 7) is 13.5. The summed E-state index contributed by atoms with van der Waals surface area (Å²) < 4.78 is 47.7. The van der Waals surface area contributed by atoms with E-state index in [1.165, 1.54) is 5.57 Å². The van der Waals surface area contributed by atoms with E-state index in [-0.39, 0.29) is 39.4 Å². The van der Waals surface area contributed by atoms with Crippen molar-refractivity contribution in [2.45, 2.75) is 235 Å². The van der Waals surface area contributed by atoms with Crippen LogP contribution in [0.25, 0.3) is 0 Å². The topological polar surface area (TPSA) is 354 Å². The molecule has 0 aromatic rings. The van der Waals surface area contributed by atoms with E-state index in [4.69, 9.17) is 37.9 Å². The molecule has 4 heterocycles. The maximum absolute atomic E-state index is 15.1. The van der Waals surface area contributed by atoms with Crippen LogP contribution in [-0.2, 0) is 42.7 Å². The molecule has 9 rings (SSSR count). The average Bonchev–Trinajstić information content (AvgIpc) is 3.66. The fourth-order valence-electron chi connectivity index (χ4n) is 16.2. The number of aliphatic hydroxyl groups excluding tert-OH is 13. The number of aliphatic hydroxyl groups is 13. The van der Waals surface area contributed by atoms with Gasteiger partial charge in [0.15, 0.2) is 18.9 Å². The third-order valence-electron chi connectivity index (χ3n) is 21.1. The van der Waals surface area contributed by atoms with Crippen LogP contribution in [-0.4, -0.2) is 222 Å². The smallest absolute Gasteiger partial charge is 0.315 e. The van der Waals surface area contributed by atoms with Crippen LogP contribution >= 0.6 is 0 Å². The predicted octanol–water partition coefficient (Wildman–Crippen LogP) is -1.40. The summed E-state index contributed by atoms with van der Waals surface area (Å²) in [5.74, 6) is -0.389. The molecule has 4 saturated heterocycles. The van der Waals surface area contributed by atoms with Gasteiger partial charge in [-0.25, -0.2) is 0 Å². The van der Waals surface area contributed by atoms with E-state index < -0.39 is 166 Å². The summed E-state index contributed by atoms with van der Waals surface area (Å²) in [4.78, 5) is 15.1. The highest BCUT2D eigenvalue weighted by molar-refractivity contribution is 5.79. The molecule has 4 aliphatic heterocycles. The SMILES string of the molecule is CC1(C)CCC2(C(=O)OC3OC(COC4OC(CO)C(O)C(O)C4O)C(O)C(O)C3O)CCC3(C)C(=CCC4C5(C)CCC(OC6OC(CO)C(O)C6OC6OC(CO)C(O)C(O)C6O)C(C)(C)C5CCC43C)C2C1. The summed E-state index contributed by atoms with van der Waals surface area (Å²) in [7, 11) is 0. The zero-order chi connectivity index (χ0) is 54.7. The van der Waals surface area contributed by atoms with Crippen molar-refractivity contribution in [2.75, 3.05) is 26.4 Å². The van der Waals surface area contributed by atoms with Gasteiger partial charge in [-0.3, -0.25) is 4.79 Å². The fourth-order valence-corrected chi connectivity index (χ4v) is 16.2. The molecule has 27 atom stereocenters. The minimum absolute atomic E-state index is 0.125. The quantitative estimate of drug-likeness (QED) is 0.0790. The molecule has 4 saturated carbocycles. The second kappa shape index (κ2) is 21.1. The third kappa shape index (κ3) is 9.50. The van der Waals surface area contributed by atoms with Gasteiger partial charge in [0, 0.05) is 0 Å². The molecule has 27 unspecified atom stereocenters. The van der Waals surface area contributed by atoms with Crippen LogP contribution in [0.1, 0.15) is 113 Å². The minimum Gasteiger partial charge on any atom is -0.432 e. The lowest BCUT2D eigenvalue weighted by molar-refractivity contribution is -0.333. The molecule has 0 bridgehead atoms. The van der Waals surface area contributed by atoms with Crippen molar-refractivity contribution in [1.82, 2.24) is 0 Å². The Morgan fingerprint density at radius 3 is 1.72 bits per heavy atom. The standard InChI is InChI=1S/C53H86O22/c1-48(2)14-16-53(47(67)75-45-41(66)38(63)34(59)28(72-45)22-68-43-39(64)36(61)32(57)25(19-54)69-43)17-15-51(6)23(24(53)18-48)8-9-30-50(5)12-11-31(49(3,4)29(50)10-13-52(30,51)7)73-46-42(35(60)27(21-56)71-46)74-44-40(65)37(62)33(58)26(20-55)70-44/h8,24-46,54-66H,9-22H2,1-7H3. The highest BCUT2D eigenvalue weighted by Gasteiger charge is 2.70. The monoisotopic (exact) mass is 1070 g/mol. The van der Waals surface area contributed by atoms with Crippen molar-refractivity contribution in [3.8, 4) is 0 Å². The van der Waals surface area contributed by atoms with E-state index in [2.05, 4.69) is 54.5 Å². The molecule has 5 aliphatic carbocycles. The first kappa shape index (κ1) is 58.1. The van der Waals surface area contributed by atoms with E-state index in [0.717, 1.165) is 32.1 Å². The van der Waals surface area contributed by atoms with Gasteiger partial charge in [-0.2, -0.15) is 0 Å². The van der Waals surface area contributed by atoms with E-state index in [9.17, 15) is 66.4 Å². The normalized spacial score (nSPS) is 53.4. The first-order valence-corrected chi connectivity index (χ1v) is 27.2. The van der Waals surface area contributed by atoms with Crippen molar-refractivity contribution in [1.29, 1.82) is 0 Å². The lowest BCUT2D eigenvalue weighted by atomic mass is 9.33. The zero-order valence-electron chi connectivity index (χ0n) is 44.2. The van der Waals surface area contributed by atoms with Crippen molar-refractivity contribution >= 4 is 5.97 Å². The number of carbonyl (C=O) groups is 1. The van der Waals surface area contributed by atoms with Crippen LogP contribution in [0, 0.1) is 50.2 Å². The van der Waals surface area contributed by atoms with E-state index in [1.54, 1.807) is 0 Å². The average molecular weight is 1080 g/mol. The molecule has 0 radical (unpaired) electrons. The second-order valence-corrected chi connectivity index (χ2v) is 25.8. The molecule has 13 N–H and O–H groups in total. The molecule has 75 heavy (non-hydrogen) atoms. The highest BCUT2D eigenvalue weighted by atomic mass is 16.8. The number of hydrogen-bond acceptors (Lipinski definition) is 22. The Labute approximate surface area is 437 Å². The zero-order valence-corrected chi connectivity index (χ0v) is 44.2. The Morgan fingerprint density at radius 1 is 0.560 bits per heavy atom. The van der Waals surface area contributed by atoms with Crippen LogP contribution in [0.3, 0.4) is 0 Å². The van der Waals surface area contributed by atoms with Crippen LogP contribution < -0.4 is 0 Å². The van der Waals surface area contributed by atoms with Crippen molar-refractivity contribution in [3.63, 3.8) is 0 Å². The Kier molecular flexibility index (Phi) is 16.3. The predicted molar refractivity (Wildman–Crippen MR) is 257 cm³/mol. The Hall–Kier alpha value is -1.59. The number of carbonyl (C=O) groups excluding carboxylic acids is 1. The van der Waals surface area contributed by atoms with Gasteiger partial charge in [-0.15, -0.1) is 0 Å². The largest absolute Gasteiger partial charge is 0.432 e. The van der Waals surface area contributed by atoms with Crippen molar-refractivity contribution in [2.24, 2.45) is 50.2 Å². The van der Waals surface area contributed by atoms with Crippen molar-refractivity contribution < 1.29 is 109 Å². The Bertz CT molecular complexity index is 2060. The number of rotatable bonds is 12. The number of esters is 1. The number of fused-ring (bicyclic) bond motifs is 7. The molecule has 0 aromatic carbocycles. The summed E-state index contributed by atoms with van der Waals surface area (Å²) in [6, 6.07) is 0. The molecule has 8 fully saturated rings. The molecule has 0 aromatic heterocycles. The maximum Gasteiger partial charge on any atom is 0.315 e. The van der Waals surface area contributed by atoms with Gasteiger partial charge in [0.05, 0.1) is 37.9 Å². The molecule has 9 aliphatic rings. The summed E-state index contributed by atoms with van der Waals surface area (Å²) in [5, 5.41) is 137. The molecular formula is C53H86O22. The number of hydrogen-bond donors (Lipinski definition) is 13. The molecule has 0 spiro atoms. The maximum atomic E-state index is 15.1. The van der Waals surface area contributed by atoms with Gasteiger partial charge in [0.25, 0.3) is 0 Å². The minimum atomic E-state index is -1.83. The van der Waals surface area contributed by atoms with Crippen LogP contribution in [0.5, 0.6) is 0 Å². The summed E-state index contributed by atoms with van der Waals surface area (Å²) in [6.07, 6.45) is -20.2. The molecule has 0 amide bonds. The van der Waals surface area contributed by atoms with Crippen LogP contribution in [0.4, 0.5) is 0 Å². The lowest BCUT2D eigenvalue weighted by Crippen LogP contribution is -2.66. The van der Waals surface area contributed by atoms with Crippen molar-refractivity contribution in [3.05, 3.63) is 11.6 Å². The van der Waals surface area contributed by atoms with Gasteiger partial charge in [0.1, 0.15) is 91.6 Å². The van der Waals surface area contributed by atoms with E-state index in [0.29, 0.717) is 32.1 Å². The number of ether oxygens (including phenoxy) is 8. The van der Waals surface area contributed by atoms with Gasteiger partial charge >= 0.3 is 5.97 Å². The Morgan fingerprint density at radius 2 is 1.09 bits per heavy atom. The summed E-state index contributed by atoms with van der Waals surface area (Å²) in [5.41, 5.74) is -1.01. The van der Waals surface area contributed by atoms with Gasteiger partial charge in [0.2, 0.25) is 6.29 Å². The second-order valence-electron chi connectivity index (χ2n) is 25.8. The molecule has 22 nitrogen and oxygen atoms in total. The molecular weight excluding hydrogens is 989 g/mol. The van der Waals surface area contributed by atoms with Gasteiger partial charge < -0.3 is 104 Å². The lowest BCUT2D eigenvalue weighted by Gasteiger charge is -2.71. The molecule has 22 heteroatoms. The van der Waals surface area contributed by atoms with Gasteiger partial charge in [-0.05, 0) is 109 Å². The van der Waals surface area contributed by atoms with Gasteiger partial charge in [-0.1, -0.05) is 60.1 Å².